The van der Waals surface area contributed by atoms with Gasteiger partial charge in [0.25, 0.3) is 5.91 Å². The van der Waals surface area contributed by atoms with Crippen molar-refractivity contribution in [3.8, 4) is 6.07 Å². The molecule has 2 heterocycles. The van der Waals surface area contributed by atoms with Gasteiger partial charge in [-0.15, -0.1) is 22.7 Å². The van der Waals surface area contributed by atoms with Crippen LogP contribution in [0.4, 0.5) is 5.00 Å². The summed E-state index contributed by atoms with van der Waals surface area (Å²) in [5.74, 6) is -0.0647. The molecule has 28 heavy (non-hydrogen) atoms. The highest BCUT2D eigenvalue weighted by atomic mass is 32.1. The van der Waals surface area contributed by atoms with Gasteiger partial charge in [-0.2, -0.15) is 5.26 Å². The molecule has 1 amide bonds. The highest BCUT2D eigenvalue weighted by Gasteiger charge is 2.24. The van der Waals surface area contributed by atoms with Crippen LogP contribution in [-0.2, 0) is 17.6 Å². The normalized spacial score (nSPS) is 13.7. The number of rotatable bonds is 6. The molecule has 3 N–H and O–H groups in total. The average Bonchev–Trinajstić information content (AvgIpc) is 3.41. The van der Waals surface area contributed by atoms with Gasteiger partial charge >= 0.3 is 0 Å². The molecule has 4 nitrogen and oxygen atoms in total. The number of carbonyl (C=O) groups excluding carboxylic acids is 1. The molecule has 0 unspecified atom stereocenters. The van der Waals surface area contributed by atoms with Gasteiger partial charge in [0.2, 0.25) is 0 Å². The zero-order valence-corrected chi connectivity index (χ0v) is 17.3. The molecule has 1 aromatic carbocycles. The van der Waals surface area contributed by atoms with E-state index in [1.54, 1.807) is 22.7 Å². The first kappa shape index (κ1) is 18.9. The SMILES string of the molecule is Cc1ccc([C@@H]([NH2+]CC(=O)Nc2sc3c(c2C#N)CCC3)c2cccs2)cc1. The summed E-state index contributed by atoms with van der Waals surface area (Å²) in [6.45, 7) is 2.39. The third kappa shape index (κ3) is 3.88. The number of benzene rings is 1. The Morgan fingerprint density at radius 2 is 2.11 bits per heavy atom. The monoisotopic (exact) mass is 408 g/mol. The minimum atomic E-state index is -0.0647. The van der Waals surface area contributed by atoms with Gasteiger partial charge in [0.05, 0.1) is 10.4 Å². The van der Waals surface area contributed by atoms with Gasteiger partial charge in [-0.1, -0.05) is 35.9 Å². The lowest BCUT2D eigenvalue weighted by Gasteiger charge is -2.15. The summed E-state index contributed by atoms with van der Waals surface area (Å²) in [6, 6.07) is 15.0. The van der Waals surface area contributed by atoms with Crippen molar-refractivity contribution in [3.63, 3.8) is 0 Å². The lowest BCUT2D eigenvalue weighted by atomic mass is 10.0. The lowest BCUT2D eigenvalue weighted by molar-refractivity contribution is -0.675. The lowest BCUT2D eigenvalue weighted by Crippen LogP contribution is -2.87. The van der Waals surface area contributed by atoms with Crippen LogP contribution in [-0.4, -0.2) is 12.5 Å². The van der Waals surface area contributed by atoms with Gasteiger partial charge in [-0.05, 0) is 43.2 Å². The second-order valence-electron chi connectivity index (χ2n) is 7.07. The fourth-order valence-corrected chi connectivity index (χ4v) is 5.78. The Balaban J connectivity index is 1.47. The summed E-state index contributed by atoms with van der Waals surface area (Å²) in [4.78, 5) is 15.1. The second kappa shape index (κ2) is 8.27. The molecule has 3 aromatic rings. The number of anilines is 1. The van der Waals surface area contributed by atoms with E-state index < -0.39 is 0 Å². The van der Waals surface area contributed by atoms with Crippen molar-refractivity contribution >= 4 is 33.6 Å². The molecule has 1 atom stereocenters. The van der Waals surface area contributed by atoms with E-state index in [-0.39, 0.29) is 11.9 Å². The molecule has 0 saturated heterocycles. The summed E-state index contributed by atoms with van der Waals surface area (Å²) in [6.07, 6.45) is 3.08. The zero-order chi connectivity index (χ0) is 19.5. The Hall–Kier alpha value is -2.46. The Morgan fingerprint density at radius 3 is 2.82 bits per heavy atom. The molecule has 1 aliphatic carbocycles. The van der Waals surface area contributed by atoms with Crippen LogP contribution in [0.5, 0.6) is 0 Å². The summed E-state index contributed by atoms with van der Waals surface area (Å²) in [7, 11) is 0. The van der Waals surface area contributed by atoms with E-state index in [9.17, 15) is 10.1 Å². The predicted octanol–water partition coefficient (Wildman–Crippen LogP) is 3.77. The Bertz CT molecular complexity index is 1010. The number of hydrogen-bond donors (Lipinski definition) is 2. The van der Waals surface area contributed by atoms with Crippen LogP contribution in [0.2, 0.25) is 0 Å². The standard InChI is InChI=1S/C22H21N3OS2/c1-14-7-9-15(10-8-14)21(19-6-3-11-27-19)24-13-20(26)25-22-17(12-23)16-4-2-5-18(16)28-22/h3,6-11,21,24H,2,4-5,13H2,1H3,(H,25,26)/p+1/t21-/m1/s1. The topological polar surface area (TPSA) is 69.5 Å². The maximum Gasteiger partial charge on any atom is 0.280 e. The number of nitrogens with two attached hydrogens (primary N) is 1. The van der Waals surface area contributed by atoms with Crippen molar-refractivity contribution in [1.82, 2.24) is 0 Å². The van der Waals surface area contributed by atoms with Gasteiger partial charge < -0.3 is 10.6 Å². The smallest absolute Gasteiger partial charge is 0.280 e. The van der Waals surface area contributed by atoms with Crippen LogP contribution in [0, 0.1) is 18.3 Å². The van der Waals surface area contributed by atoms with E-state index in [0.717, 1.165) is 24.8 Å². The number of nitriles is 1. The number of carbonyl (C=O) groups is 1. The van der Waals surface area contributed by atoms with E-state index in [0.29, 0.717) is 17.1 Å². The molecule has 0 radical (unpaired) electrons. The summed E-state index contributed by atoms with van der Waals surface area (Å²) in [5, 5.41) is 17.3. The molecule has 1 aliphatic rings. The molecule has 4 rings (SSSR count). The number of fused-ring (bicyclic) bond motifs is 1. The molecular formula is C22H22N3OS2+. The number of nitrogens with zero attached hydrogens (tertiary/aromatic N) is 1. The van der Waals surface area contributed by atoms with Crippen LogP contribution in [0.25, 0.3) is 0 Å². The fraction of sp³-hybridized carbons (Fsp3) is 0.273. The van der Waals surface area contributed by atoms with Crippen molar-refractivity contribution in [2.45, 2.75) is 32.2 Å². The average molecular weight is 409 g/mol. The molecule has 0 saturated carbocycles. The van der Waals surface area contributed by atoms with Crippen molar-refractivity contribution in [3.05, 3.63) is 73.8 Å². The molecule has 142 valence electrons. The van der Waals surface area contributed by atoms with Crippen LogP contribution < -0.4 is 10.6 Å². The van der Waals surface area contributed by atoms with E-state index in [1.807, 2.05) is 6.07 Å². The molecule has 2 aromatic heterocycles. The first-order chi connectivity index (χ1) is 13.7. The number of thiophene rings is 2. The summed E-state index contributed by atoms with van der Waals surface area (Å²) < 4.78 is 0. The van der Waals surface area contributed by atoms with Gasteiger partial charge in [0.1, 0.15) is 17.1 Å². The van der Waals surface area contributed by atoms with E-state index in [1.165, 1.54) is 20.9 Å². The summed E-state index contributed by atoms with van der Waals surface area (Å²) >= 11 is 3.27. The maximum absolute atomic E-state index is 12.6. The first-order valence-electron chi connectivity index (χ1n) is 9.43. The number of amides is 1. The van der Waals surface area contributed by atoms with E-state index in [4.69, 9.17) is 0 Å². The number of quaternary nitrogens is 1. The number of aryl methyl sites for hydroxylation is 2. The van der Waals surface area contributed by atoms with Gasteiger partial charge in [-0.25, -0.2) is 0 Å². The third-order valence-electron chi connectivity index (χ3n) is 5.11. The molecular weight excluding hydrogens is 386 g/mol. The molecule has 0 fully saturated rings. The van der Waals surface area contributed by atoms with Crippen LogP contribution in [0.15, 0.2) is 41.8 Å². The quantitative estimate of drug-likeness (QED) is 0.652. The Labute approximate surface area is 172 Å². The fourth-order valence-electron chi connectivity index (χ4n) is 3.67. The van der Waals surface area contributed by atoms with Crippen LogP contribution in [0.3, 0.4) is 0 Å². The van der Waals surface area contributed by atoms with Crippen molar-refractivity contribution in [2.24, 2.45) is 0 Å². The predicted molar refractivity (Wildman–Crippen MR) is 114 cm³/mol. The molecule has 0 spiro atoms. The Morgan fingerprint density at radius 1 is 1.29 bits per heavy atom. The third-order valence-corrected chi connectivity index (χ3v) is 7.27. The Kier molecular flexibility index (Phi) is 5.58. The van der Waals surface area contributed by atoms with E-state index in [2.05, 4.69) is 59.3 Å². The molecule has 6 heteroatoms. The van der Waals surface area contributed by atoms with Crippen LogP contribution in [0.1, 0.15) is 44.5 Å². The highest BCUT2D eigenvalue weighted by molar-refractivity contribution is 7.16. The largest absolute Gasteiger partial charge is 0.328 e. The number of hydrogen-bond acceptors (Lipinski definition) is 4. The highest BCUT2D eigenvalue weighted by Crippen LogP contribution is 2.38. The maximum atomic E-state index is 12.6. The minimum absolute atomic E-state index is 0.0647. The van der Waals surface area contributed by atoms with Crippen molar-refractivity contribution < 1.29 is 10.1 Å². The zero-order valence-electron chi connectivity index (χ0n) is 15.7. The summed E-state index contributed by atoms with van der Waals surface area (Å²) in [5.41, 5.74) is 4.22. The molecule has 0 bridgehead atoms. The van der Waals surface area contributed by atoms with Crippen molar-refractivity contribution in [1.29, 1.82) is 5.26 Å². The second-order valence-corrected chi connectivity index (χ2v) is 9.15. The van der Waals surface area contributed by atoms with Crippen molar-refractivity contribution in [2.75, 3.05) is 11.9 Å². The first-order valence-corrected chi connectivity index (χ1v) is 11.1. The minimum Gasteiger partial charge on any atom is -0.328 e. The van der Waals surface area contributed by atoms with Gasteiger partial charge in [0, 0.05) is 10.4 Å². The van der Waals surface area contributed by atoms with E-state index >= 15 is 0 Å². The van der Waals surface area contributed by atoms with Gasteiger partial charge in [-0.3, -0.25) is 4.79 Å². The molecule has 0 aliphatic heterocycles. The van der Waals surface area contributed by atoms with Gasteiger partial charge in [0.15, 0.2) is 6.54 Å². The number of nitrogens with one attached hydrogen (secondary N) is 1. The van der Waals surface area contributed by atoms with Crippen LogP contribution >= 0.6 is 22.7 Å².